The van der Waals surface area contributed by atoms with Crippen LogP contribution in [0.25, 0.3) is 0 Å². The third kappa shape index (κ3) is 1.85. The van der Waals surface area contributed by atoms with E-state index in [1.165, 1.54) is 11.3 Å². The van der Waals surface area contributed by atoms with Crippen molar-refractivity contribution in [2.45, 2.75) is 24.5 Å². The van der Waals surface area contributed by atoms with Crippen LogP contribution in [0.3, 0.4) is 0 Å². The highest BCUT2D eigenvalue weighted by Crippen LogP contribution is 2.46. The van der Waals surface area contributed by atoms with Gasteiger partial charge in [-0.05, 0) is 26.0 Å². The van der Waals surface area contributed by atoms with Crippen molar-refractivity contribution in [2.24, 2.45) is 0 Å². The van der Waals surface area contributed by atoms with Crippen LogP contribution in [-0.2, 0) is 4.79 Å². The number of aryl methyl sites for hydroxylation is 1. The minimum absolute atomic E-state index is 0.0655. The summed E-state index contributed by atoms with van der Waals surface area (Å²) < 4.78 is 5.43. The van der Waals surface area contributed by atoms with Crippen LogP contribution < -0.4 is 4.90 Å². The molecule has 18 heavy (non-hydrogen) atoms. The number of thioether (sulfide) groups is 1. The van der Waals surface area contributed by atoms with Gasteiger partial charge in [-0.1, -0.05) is 0 Å². The first kappa shape index (κ1) is 11.8. The summed E-state index contributed by atoms with van der Waals surface area (Å²) in [6.07, 6.45) is 3.43. The van der Waals surface area contributed by atoms with E-state index >= 15 is 0 Å². The Balaban J connectivity index is 2.00. The highest BCUT2D eigenvalue weighted by molar-refractivity contribution is 8.01. The first-order chi connectivity index (χ1) is 8.66. The van der Waals surface area contributed by atoms with Crippen LogP contribution in [0, 0.1) is 6.92 Å². The largest absolute Gasteiger partial charge is 0.466 e. The van der Waals surface area contributed by atoms with Gasteiger partial charge >= 0.3 is 0 Å². The van der Waals surface area contributed by atoms with Crippen LogP contribution in [0.2, 0.25) is 0 Å². The molecule has 1 saturated heterocycles. The van der Waals surface area contributed by atoms with Crippen molar-refractivity contribution in [3.8, 4) is 0 Å². The van der Waals surface area contributed by atoms with Gasteiger partial charge in [0.25, 0.3) is 0 Å². The van der Waals surface area contributed by atoms with Crippen molar-refractivity contribution >= 4 is 34.1 Å². The first-order valence-electron chi connectivity index (χ1n) is 5.61. The third-order valence-corrected chi connectivity index (χ3v) is 4.98. The lowest BCUT2D eigenvalue weighted by Crippen LogP contribution is -2.29. The summed E-state index contributed by atoms with van der Waals surface area (Å²) in [5.74, 6) is 0.890. The Hall–Kier alpha value is -1.27. The fourth-order valence-corrected chi connectivity index (χ4v) is 3.97. The smallest absolute Gasteiger partial charge is 0.243 e. The zero-order valence-corrected chi connectivity index (χ0v) is 11.6. The van der Waals surface area contributed by atoms with Crippen molar-refractivity contribution in [3.05, 3.63) is 35.2 Å². The quantitative estimate of drug-likeness (QED) is 0.847. The Morgan fingerprint density at radius 2 is 2.33 bits per heavy atom. The average Bonchev–Trinajstić information content (AvgIpc) is 3.02. The second-order valence-electron chi connectivity index (χ2n) is 4.11. The van der Waals surface area contributed by atoms with E-state index in [-0.39, 0.29) is 16.5 Å². The molecule has 2 atom stereocenters. The van der Waals surface area contributed by atoms with Gasteiger partial charge in [-0.25, -0.2) is 4.98 Å². The molecule has 6 heteroatoms. The lowest BCUT2D eigenvalue weighted by molar-refractivity contribution is -0.117. The monoisotopic (exact) mass is 280 g/mol. The van der Waals surface area contributed by atoms with Gasteiger partial charge in [-0.2, -0.15) is 0 Å². The molecular formula is C12H12N2O2S2. The van der Waals surface area contributed by atoms with E-state index < -0.39 is 0 Å². The van der Waals surface area contributed by atoms with Crippen molar-refractivity contribution in [2.75, 3.05) is 4.90 Å². The maximum absolute atomic E-state index is 12.3. The SMILES string of the molecule is Cc1cnc(N2C(=O)[C@@H](C)S[C@@H]2c2ccco2)s1. The fourth-order valence-electron chi connectivity index (χ4n) is 1.90. The van der Waals surface area contributed by atoms with Crippen LogP contribution in [0.1, 0.15) is 22.9 Å². The average molecular weight is 280 g/mol. The number of thiazole rings is 1. The molecule has 0 spiro atoms. The van der Waals surface area contributed by atoms with Crippen molar-refractivity contribution in [3.63, 3.8) is 0 Å². The number of nitrogens with zero attached hydrogens (tertiary/aromatic N) is 2. The lowest BCUT2D eigenvalue weighted by atomic mass is 10.3. The zero-order chi connectivity index (χ0) is 12.7. The molecule has 2 aromatic rings. The van der Waals surface area contributed by atoms with Gasteiger partial charge in [-0.15, -0.1) is 23.1 Å². The normalized spacial score (nSPS) is 23.9. The molecule has 1 aliphatic rings. The Kier molecular flexibility index (Phi) is 2.91. The predicted molar refractivity (Wildman–Crippen MR) is 72.8 cm³/mol. The number of furan rings is 1. The number of rotatable bonds is 2. The second kappa shape index (κ2) is 4.44. The summed E-state index contributed by atoms with van der Waals surface area (Å²) >= 11 is 3.12. The summed E-state index contributed by atoms with van der Waals surface area (Å²) in [5.41, 5.74) is 0. The van der Waals surface area contributed by atoms with Crippen molar-refractivity contribution in [1.82, 2.24) is 4.98 Å². The summed E-state index contributed by atoms with van der Waals surface area (Å²) in [6.45, 7) is 3.91. The molecule has 4 nitrogen and oxygen atoms in total. The van der Waals surface area contributed by atoms with E-state index in [1.807, 2.05) is 26.0 Å². The molecule has 0 N–H and O–H groups in total. The van der Waals surface area contributed by atoms with Gasteiger partial charge in [0.1, 0.15) is 11.1 Å². The molecule has 1 amide bonds. The van der Waals surface area contributed by atoms with Crippen molar-refractivity contribution < 1.29 is 9.21 Å². The van der Waals surface area contributed by atoms with Crippen molar-refractivity contribution in [1.29, 1.82) is 0 Å². The fraction of sp³-hybridized carbons (Fsp3) is 0.333. The van der Waals surface area contributed by atoms with Gasteiger partial charge in [0.15, 0.2) is 5.13 Å². The van der Waals surface area contributed by atoms with Crippen LogP contribution in [0.4, 0.5) is 5.13 Å². The third-order valence-electron chi connectivity index (χ3n) is 2.75. The molecule has 0 saturated carbocycles. The summed E-state index contributed by atoms with van der Waals surface area (Å²) in [5, 5.41) is 0.577. The van der Waals surface area contributed by atoms with E-state index in [1.54, 1.807) is 29.1 Å². The molecule has 94 valence electrons. The number of amides is 1. The molecule has 1 fully saturated rings. The molecule has 0 aliphatic carbocycles. The van der Waals surface area contributed by atoms with E-state index in [0.29, 0.717) is 0 Å². The van der Waals surface area contributed by atoms with Gasteiger partial charge in [0, 0.05) is 11.1 Å². The second-order valence-corrected chi connectivity index (χ2v) is 6.75. The highest BCUT2D eigenvalue weighted by Gasteiger charge is 2.42. The molecule has 0 bridgehead atoms. The molecular weight excluding hydrogens is 268 g/mol. The molecule has 0 aromatic carbocycles. The number of carbonyl (C=O) groups excluding carboxylic acids is 1. The first-order valence-corrected chi connectivity index (χ1v) is 7.37. The van der Waals surface area contributed by atoms with E-state index in [0.717, 1.165) is 15.8 Å². The van der Waals surface area contributed by atoms with Gasteiger partial charge in [0.05, 0.1) is 11.5 Å². The maximum Gasteiger partial charge on any atom is 0.243 e. The standard InChI is InChI=1S/C12H12N2O2S2/c1-7-6-13-12(17-7)14-10(15)8(2)18-11(14)9-4-3-5-16-9/h3-6,8,11H,1-2H3/t8-,11-/m1/s1. The number of carbonyl (C=O) groups is 1. The van der Waals surface area contributed by atoms with Crippen LogP contribution >= 0.6 is 23.1 Å². The Morgan fingerprint density at radius 3 is 2.94 bits per heavy atom. The van der Waals surface area contributed by atoms with Crippen LogP contribution in [0.15, 0.2) is 29.0 Å². The maximum atomic E-state index is 12.3. The van der Waals surface area contributed by atoms with Crippen LogP contribution in [0.5, 0.6) is 0 Å². The summed E-state index contributed by atoms with van der Waals surface area (Å²) in [4.78, 5) is 19.4. The summed E-state index contributed by atoms with van der Waals surface area (Å²) in [6, 6.07) is 3.74. The number of hydrogen-bond acceptors (Lipinski definition) is 5. The number of anilines is 1. The van der Waals surface area contributed by atoms with Gasteiger partial charge in [0.2, 0.25) is 5.91 Å². The Morgan fingerprint density at radius 1 is 1.50 bits per heavy atom. The molecule has 3 rings (SSSR count). The van der Waals surface area contributed by atoms with Crippen LogP contribution in [-0.4, -0.2) is 16.1 Å². The molecule has 0 radical (unpaired) electrons. The van der Waals surface area contributed by atoms with E-state index in [2.05, 4.69) is 4.98 Å². The Bertz CT molecular complexity index is 564. The van der Waals surface area contributed by atoms with Gasteiger partial charge in [-0.3, -0.25) is 9.69 Å². The molecule has 3 heterocycles. The molecule has 0 unspecified atom stereocenters. The minimum Gasteiger partial charge on any atom is -0.466 e. The highest BCUT2D eigenvalue weighted by atomic mass is 32.2. The minimum atomic E-state index is -0.104. The molecule has 1 aliphatic heterocycles. The topological polar surface area (TPSA) is 46.3 Å². The number of aromatic nitrogens is 1. The Labute approximate surface area is 113 Å². The number of hydrogen-bond donors (Lipinski definition) is 0. The van der Waals surface area contributed by atoms with Gasteiger partial charge < -0.3 is 4.42 Å². The molecule has 2 aromatic heterocycles. The lowest BCUT2D eigenvalue weighted by Gasteiger charge is -2.18. The predicted octanol–water partition coefficient (Wildman–Crippen LogP) is 3.21. The van der Waals surface area contributed by atoms with E-state index in [4.69, 9.17) is 4.42 Å². The summed E-state index contributed by atoms with van der Waals surface area (Å²) in [7, 11) is 0. The zero-order valence-electron chi connectivity index (χ0n) is 9.99. The van der Waals surface area contributed by atoms with E-state index in [9.17, 15) is 4.79 Å².